The van der Waals surface area contributed by atoms with E-state index in [2.05, 4.69) is 46.5 Å². The molecule has 8 N–H and O–H groups in total. The predicted octanol–water partition coefficient (Wildman–Crippen LogP) is 1.01. The number of hydrogen-bond acceptors (Lipinski definition) is 10. The van der Waals surface area contributed by atoms with Gasteiger partial charge in [0.15, 0.2) is 5.78 Å². The van der Waals surface area contributed by atoms with E-state index in [1.54, 1.807) is 58.0 Å². The van der Waals surface area contributed by atoms with Crippen molar-refractivity contribution >= 4 is 60.6 Å². The molecular weight excluding hydrogens is 671 g/mol. The number of carboxylic acid groups (broad SMARTS) is 1. The molecule has 0 spiro atoms. The van der Waals surface area contributed by atoms with Gasteiger partial charge in [0.1, 0.15) is 23.7 Å². The highest BCUT2D eigenvalue weighted by Crippen LogP contribution is 2.34. The first-order chi connectivity index (χ1) is 22.5. The van der Waals surface area contributed by atoms with Gasteiger partial charge in [-0.25, -0.2) is 4.79 Å². The van der Waals surface area contributed by atoms with Crippen molar-refractivity contribution in [2.24, 2.45) is 5.73 Å². The van der Waals surface area contributed by atoms with Gasteiger partial charge in [0.25, 0.3) is 0 Å². The van der Waals surface area contributed by atoms with Crippen molar-refractivity contribution in [2.75, 3.05) is 6.54 Å². The Balaban J connectivity index is 2.13. The molecule has 1 aromatic carbocycles. The van der Waals surface area contributed by atoms with Crippen LogP contribution in [-0.2, 0) is 35.2 Å². The van der Waals surface area contributed by atoms with Crippen LogP contribution in [0.3, 0.4) is 0 Å². The molecule has 1 aliphatic rings. The molecule has 0 heterocycles. The van der Waals surface area contributed by atoms with Gasteiger partial charge in [-0.3, -0.25) is 24.0 Å². The van der Waals surface area contributed by atoms with Crippen LogP contribution in [0.2, 0.25) is 0 Å². The predicted molar refractivity (Wildman–Crippen MR) is 192 cm³/mol. The molecule has 1 aromatic rings. The Morgan fingerprint density at radius 1 is 0.878 bits per heavy atom. The number of nitrogens with two attached hydrogens (primary N) is 1. The van der Waals surface area contributed by atoms with Crippen LogP contribution < -0.4 is 27.0 Å². The Labute approximate surface area is 298 Å². The van der Waals surface area contributed by atoms with Crippen LogP contribution in [0.5, 0.6) is 0 Å². The molecule has 49 heavy (non-hydrogen) atoms. The van der Waals surface area contributed by atoms with Gasteiger partial charge in [-0.1, -0.05) is 35.9 Å². The highest BCUT2D eigenvalue weighted by molar-refractivity contribution is 7.82. The molecule has 4 amide bonds. The minimum absolute atomic E-state index is 0.0323. The summed E-state index contributed by atoms with van der Waals surface area (Å²) in [5.41, 5.74) is 7.36. The normalized spacial score (nSPS) is 19.0. The number of rotatable bonds is 16. The second-order valence-corrected chi connectivity index (χ2v) is 15.9. The average Bonchev–Trinajstić information content (AvgIpc) is 2.97. The number of carbonyl (C=O) groups excluding carboxylic acids is 5. The number of aliphatic carboxylic acids is 1. The highest BCUT2D eigenvalue weighted by Gasteiger charge is 2.38. The Hall–Kier alpha value is -3.66. The Kier molecular flexibility index (Phi) is 14.3. The molecule has 0 aromatic heterocycles. The molecule has 0 saturated heterocycles. The summed E-state index contributed by atoms with van der Waals surface area (Å²) < 4.78 is -2.23. The number of carbonyl (C=O) groups is 6. The smallest absolute Gasteiger partial charge is 0.327 e. The van der Waals surface area contributed by atoms with Gasteiger partial charge in [0.05, 0.1) is 12.6 Å². The maximum atomic E-state index is 13.3. The van der Waals surface area contributed by atoms with E-state index in [4.69, 9.17) is 5.73 Å². The summed E-state index contributed by atoms with van der Waals surface area (Å²) >= 11 is 8.77. The van der Waals surface area contributed by atoms with Crippen LogP contribution in [0.15, 0.2) is 53.1 Å². The minimum atomic E-state index is -1.62. The largest absolute Gasteiger partial charge is 0.480 e. The van der Waals surface area contributed by atoms with Crippen LogP contribution in [0.25, 0.3) is 0 Å². The van der Waals surface area contributed by atoms with Crippen LogP contribution in [0, 0.1) is 0 Å². The molecule has 15 heteroatoms. The SMILES string of the molecule is CC(=O)C1(O)C=C(C)C(C[C@H](N)C(=O)N[C@@H](C(=O)NCC(=O)N[C@@H](Cc2ccccc2)C(=O)N[C@@H](C(=O)O)C(C)(C)S)C(C)(C)S)=C(C)C1. The zero-order valence-electron chi connectivity index (χ0n) is 28.9. The van der Waals surface area contributed by atoms with E-state index in [0.29, 0.717) is 16.7 Å². The summed E-state index contributed by atoms with van der Waals surface area (Å²) in [6, 6.07) is 3.88. The number of amides is 4. The fraction of sp³-hybridized carbons (Fsp3) is 0.529. The number of Topliss-reactive ketones (excluding diaryl/α,β-unsaturated/α-hetero) is 1. The number of nitrogens with one attached hydrogen (secondary N) is 4. The third-order valence-electron chi connectivity index (χ3n) is 8.20. The molecule has 13 nitrogen and oxygen atoms in total. The maximum absolute atomic E-state index is 13.3. The summed E-state index contributed by atoms with van der Waals surface area (Å²) in [5, 5.41) is 30.4. The highest BCUT2D eigenvalue weighted by atomic mass is 32.1. The molecule has 0 bridgehead atoms. The monoisotopic (exact) mass is 719 g/mol. The Morgan fingerprint density at radius 2 is 1.43 bits per heavy atom. The molecule has 1 unspecified atom stereocenters. The van der Waals surface area contributed by atoms with Gasteiger partial charge in [0.2, 0.25) is 23.6 Å². The number of carboxylic acids is 1. The average molecular weight is 720 g/mol. The van der Waals surface area contributed by atoms with Crippen molar-refractivity contribution in [1.82, 2.24) is 21.3 Å². The molecule has 0 aliphatic heterocycles. The van der Waals surface area contributed by atoms with Crippen molar-refractivity contribution in [3.05, 3.63) is 58.7 Å². The van der Waals surface area contributed by atoms with E-state index < -0.39 is 81.2 Å². The van der Waals surface area contributed by atoms with Crippen LogP contribution in [0.1, 0.15) is 66.9 Å². The number of hydrogen-bond donors (Lipinski definition) is 9. The van der Waals surface area contributed by atoms with E-state index in [0.717, 1.165) is 5.57 Å². The molecule has 270 valence electrons. The fourth-order valence-electron chi connectivity index (χ4n) is 5.39. The van der Waals surface area contributed by atoms with Gasteiger partial charge in [0, 0.05) is 22.3 Å². The van der Waals surface area contributed by atoms with E-state index >= 15 is 0 Å². The lowest BCUT2D eigenvalue weighted by Gasteiger charge is -2.32. The first-order valence-electron chi connectivity index (χ1n) is 15.7. The second-order valence-electron chi connectivity index (χ2n) is 13.6. The van der Waals surface area contributed by atoms with E-state index in [1.807, 2.05) is 0 Å². The minimum Gasteiger partial charge on any atom is -0.480 e. The molecular formula is C34H49N5O8S2. The zero-order valence-corrected chi connectivity index (χ0v) is 30.7. The summed E-state index contributed by atoms with van der Waals surface area (Å²) in [6.45, 7) is 10.4. The molecule has 1 aliphatic carbocycles. The zero-order chi connectivity index (χ0) is 37.5. The van der Waals surface area contributed by atoms with Gasteiger partial charge in [-0.05, 0) is 77.7 Å². The van der Waals surface area contributed by atoms with Crippen molar-refractivity contribution in [2.45, 2.75) is 107 Å². The second kappa shape index (κ2) is 16.8. The van der Waals surface area contributed by atoms with Crippen LogP contribution in [-0.4, -0.2) is 91.4 Å². The first kappa shape index (κ1) is 41.5. The van der Waals surface area contributed by atoms with Crippen LogP contribution in [0.4, 0.5) is 0 Å². The van der Waals surface area contributed by atoms with Crippen molar-refractivity contribution < 1.29 is 39.0 Å². The summed E-state index contributed by atoms with van der Waals surface area (Å²) in [6.07, 6.45) is 1.64. The molecule has 0 fully saturated rings. The number of allylic oxidation sites excluding steroid dienone is 1. The standard InChI is InChI=1S/C34H49N5O8S2/c1-18-15-34(47,20(3)40)16-19(2)22(18)14-23(35)28(42)38-26(32(4,5)48)30(44)36-17-25(41)37-24(13-21-11-9-8-10-12-21)29(43)39-27(31(45)46)33(6,7)49/h8-12,15,23-24,26-27,47-49H,13-14,16-17,35H2,1-7H3,(H,36,44)(H,37,41)(H,38,42)(H,39,43)(H,45,46)/t23-,24-,26-,27-,34?/m0/s1. The van der Waals surface area contributed by atoms with Crippen molar-refractivity contribution in [3.8, 4) is 0 Å². The molecule has 5 atom stereocenters. The van der Waals surface area contributed by atoms with E-state index in [9.17, 15) is 39.0 Å². The lowest BCUT2D eigenvalue weighted by atomic mass is 9.79. The Bertz CT molecular complexity index is 1500. The van der Waals surface area contributed by atoms with Gasteiger partial charge in [-0.2, -0.15) is 25.3 Å². The first-order valence-corrected chi connectivity index (χ1v) is 16.6. The van der Waals surface area contributed by atoms with Crippen LogP contribution >= 0.6 is 25.3 Å². The van der Waals surface area contributed by atoms with Gasteiger partial charge < -0.3 is 37.2 Å². The molecule has 0 saturated carbocycles. The number of ketones is 1. The summed E-state index contributed by atoms with van der Waals surface area (Å²) in [5.74, 6) is -4.60. The summed E-state index contributed by atoms with van der Waals surface area (Å²) in [7, 11) is 0. The van der Waals surface area contributed by atoms with E-state index in [1.165, 1.54) is 26.8 Å². The van der Waals surface area contributed by atoms with Gasteiger partial charge >= 0.3 is 5.97 Å². The fourth-order valence-corrected chi connectivity index (χ4v) is 5.74. The van der Waals surface area contributed by atoms with Gasteiger partial charge in [-0.15, -0.1) is 0 Å². The molecule has 0 radical (unpaired) electrons. The van der Waals surface area contributed by atoms with E-state index in [-0.39, 0.29) is 19.3 Å². The lowest BCUT2D eigenvalue weighted by Crippen LogP contribution is -2.60. The third-order valence-corrected chi connectivity index (χ3v) is 8.72. The Morgan fingerprint density at radius 3 is 1.92 bits per heavy atom. The number of thiol groups is 2. The maximum Gasteiger partial charge on any atom is 0.327 e. The molecule has 2 rings (SSSR count). The number of aliphatic hydroxyl groups is 1. The summed E-state index contributed by atoms with van der Waals surface area (Å²) in [4.78, 5) is 76.6. The third kappa shape index (κ3) is 12.0. The quantitative estimate of drug-likeness (QED) is 0.111. The lowest BCUT2D eigenvalue weighted by molar-refractivity contribution is -0.143. The van der Waals surface area contributed by atoms with Crippen molar-refractivity contribution in [1.29, 1.82) is 0 Å². The topological polar surface area (TPSA) is 217 Å². The van der Waals surface area contributed by atoms with Crippen molar-refractivity contribution in [3.63, 3.8) is 0 Å². The number of benzene rings is 1.